The molecule has 0 aliphatic rings. The van der Waals surface area contributed by atoms with Crippen molar-refractivity contribution in [3.05, 3.63) is 29.3 Å². The van der Waals surface area contributed by atoms with Gasteiger partial charge in [-0.1, -0.05) is 12.1 Å². The van der Waals surface area contributed by atoms with Crippen molar-refractivity contribution in [3.63, 3.8) is 0 Å². The average molecular weight is 226 g/mol. The molecule has 0 atom stereocenters. The summed E-state index contributed by atoms with van der Waals surface area (Å²) in [6.07, 6.45) is 1.10. The molecule has 0 unspecified atom stereocenters. The Morgan fingerprint density at radius 2 is 2.25 bits per heavy atom. The van der Waals surface area contributed by atoms with Crippen LogP contribution in [-0.2, 0) is 17.9 Å². The molecule has 0 spiro atoms. The Bertz CT molecular complexity index is 341. The van der Waals surface area contributed by atoms with E-state index in [1.54, 1.807) is 18.2 Å². The first-order chi connectivity index (χ1) is 7.69. The molecule has 1 N–H and O–H groups in total. The molecule has 1 aromatic carbocycles. The second-order valence-corrected chi connectivity index (χ2v) is 3.48. The lowest BCUT2D eigenvalue weighted by molar-refractivity contribution is -0.137. The molecule has 3 nitrogen and oxygen atoms in total. The van der Waals surface area contributed by atoms with Gasteiger partial charge in [0.15, 0.2) is 0 Å². The van der Waals surface area contributed by atoms with Gasteiger partial charge in [0, 0.05) is 6.42 Å². The Labute approximate surface area is 93.9 Å². The molecule has 0 bridgehead atoms. The van der Waals surface area contributed by atoms with Gasteiger partial charge in [-0.25, -0.2) is 4.39 Å². The van der Waals surface area contributed by atoms with Gasteiger partial charge in [0.05, 0.1) is 7.11 Å². The summed E-state index contributed by atoms with van der Waals surface area (Å²) in [6, 6.07) is 5.18. The Morgan fingerprint density at radius 3 is 2.81 bits per heavy atom. The van der Waals surface area contributed by atoms with E-state index in [-0.39, 0.29) is 6.42 Å². The molecule has 88 valence electrons. The lowest BCUT2D eigenvalue weighted by Crippen LogP contribution is -2.00. The van der Waals surface area contributed by atoms with Crippen molar-refractivity contribution in [1.29, 1.82) is 0 Å². The summed E-state index contributed by atoms with van der Waals surface area (Å²) in [5, 5.41) is 8.54. The van der Waals surface area contributed by atoms with Crippen molar-refractivity contribution < 1.29 is 19.0 Å². The summed E-state index contributed by atoms with van der Waals surface area (Å²) in [5.74, 6) is -0.211. The smallest absolute Gasteiger partial charge is 0.303 e. The van der Waals surface area contributed by atoms with Crippen molar-refractivity contribution in [3.8, 4) is 5.75 Å². The van der Waals surface area contributed by atoms with Gasteiger partial charge in [-0.15, -0.1) is 0 Å². The molecule has 1 rings (SSSR count). The van der Waals surface area contributed by atoms with Gasteiger partial charge in [-0.3, -0.25) is 4.79 Å². The number of carbonyl (C=O) groups is 1. The summed E-state index contributed by atoms with van der Waals surface area (Å²) in [6.45, 7) is -0.556. The van der Waals surface area contributed by atoms with Crippen molar-refractivity contribution in [2.24, 2.45) is 0 Å². The molecule has 0 saturated heterocycles. The third-order valence-corrected chi connectivity index (χ3v) is 2.41. The topological polar surface area (TPSA) is 46.5 Å². The fourth-order valence-corrected chi connectivity index (χ4v) is 1.63. The Hall–Kier alpha value is -1.58. The fraction of sp³-hybridized carbons (Fsp3) is 0.417. The molecular formula is C12H15FO3. The van der Waals surface area contributed by atoms with Crippen LogP contribution in [0.1, 0.15) is 24.0 Å². The largest absolute Gasteiger partial charge is 0.496 e. The van der Waals surface area contributed by atoms with Gasteiger partial charge < -0.3 is 9.84 Å². The van der Waals surface area contributed by atoms with Crippen LogP contribution in [0.5, 0.6) is 5.75 Å². The number of hydrogen-bond acceptors (Lipinski definition) is 2. The van der Waals surface area contributed by atoms with E-state index in [9.17, 15) is 9.18 Å². The number of carboxylic acid groups (broad SMARTS) is 1. The standard InChI is InChI=1S/C12H15FO3/c1-16-11-6-2-4-9(8-13)10(11)5-3-7-12(14)15/h2,4,6H,3,5,7-8H2,1H3,(H,14,15). The minimum absolute atomic E-state index is 0.0871. The summed E-state index contributed by atoms with van der Waals surface area (Å²) in [5.41, 5.74) is 1.35. The number of benzene rings is 1. The van der Waals surface area contributed by atoms with E-state index in [2.05, 4.69) is 0 Å². The van der Waals surface area contributed by atoms with Crippen molar-refractivity contribution in [2.75, 3.05) is 7.11 Å². The third-order valence-electron chi connectivity index (χ3n) is 2.41. The monoisotopic (exact) mass is 226 g/mol. The predicted molar refractivity (Wildman–Crippen MR) is 58.4 cm³/mol. The predicted octanol–water partition coefficient (Wildman–Crippen LogP) is 2.57. The van der Waals surface area contributed by atoms with Crippen LogP contribution in [0.2, 0.25) is 0 Å². The number of carboxylic acids is 1. The zero-order chi connectivity index (χ0) is 12.0. The molecule has 16 heavy (non-hydrogen) atoms. The van der Waals surface area contributed by atoms with Crippen LogP contribution in [0.25, 0.3) is 0 Å². The number of methoxy groups -OCH3 is 1. The molecule has 4 heteroatoms. The zero-order valence-electron chi connectivity index (χ0n) is 9.20. The van der Waals surface area contributed by atoms with Gasteiger partial charge in [-0.05, 0) is 30.0 Å². The SMILES string of the molecule is COc1cccc(CF)c1CCCC(=O)O. The molecule has 0 radical (unpaired) electrons. The van der Waals surface area contributed by atoms with Crippen LogP contribution in [0.15, 0.2) is 18.2 Å². The van der Waals surface area contributed by atoms with Gasteiger partial charge in [-0.2, -0.15) is 0 Å². The molecule has 0 amide bonds. The van der Waals surface area contributed by atoms with E-state index in [4.69, 9.17) is 9.84 Å². The van der Waals surface area contributed by atoms with Crippen LogP contribution in [-0.4, -0.2) is 18.2 Å². The summed E-state index contributed by atoms with van der Waals surface area (Å²) < 4.78 is 17.8. The molecule has 0 heterocycles. The molecular weight excluding hydrogens is 211 g/mol. The molecule has 0 aromatic heterocycles. The van der Waals surface area contributed by atoms with E-state index in [0.717, 1.165) is 5.56 Å². The molecule has 0 fully saturated rings. The van der Waals surface area contributed by atoms with E-state index >= 15 is 0 Å². The highest BCUT2D eigenvalue weighted by atomic mass is 19.1. The molecule has 0 aliphatic carbocycles. The van der Waals surface area contributed by atoms with Crippen LogP contribution >= 0.6 is 0 Å². The minimum atomic E-state index is -0.836. The Balaban J connectivity index is 2.78. The number of halogens is 1. The number of rotatable bonds is 6. The van der Waals surface area contributed by atoms with Crippen molar-refractivity contribution in [2.45, 2.75) is 25.9 Å². The van der Waals surface area contributed by atoms with Crippen LogP contribution < -0.4 is 4.74 Å². The van der Waals surface area contributed by atoms with Crippen LogP contribution in [0, 0.1) is 0 Å². The van der Waals surface area contributed by atoms with E-state index in [1.165, 1.54) is 7.11 Å². The summed E-state index contributed by atoms with van der Waals surface area (Å²) in [4.78, 5) is 10.4. The third kappa shape index (κ3) is 3.22. The number of aliphatic carboxylic acids is 1. The molecule has 0 aliphatic heterocycles. The van der Waals surface area contributed by atoms with Crippen molar-refractivity contribution >= 4 is 5.97 Å². The number of hydrogen-bond donors (Lipinski definition) is 1. The zero-order valence-corrected chi connectivity index (χ0v) is 9.20. The number of alkyl halides is 1. The van der Waals surface area contributed by atoms with Gasteiger partial charge >= 0.3 is 5.97 Å². The van der Waals surface area contributed by atoms with E-state index in [0.29, 0.717) is 24.2 Å². The Kier molecular flexibility index (Phi) is 4.76. The lowest BCUT2D eigenvalue weighted by Gasteiger charge is -2.11. The van der Waals surface area contributed by atoms with Crippen LogP contribution in [0.4, 0.5) is 4.39 Å². The minimum Gasteiger partial charge on any atom is -0.496 e. The molecule has 0 saturated carbocycles. The fourth-order valence-electron chi connectivity index (χ4n) is 1.63. The summed E-state index contributed by atoms with van der Waals surface area (Å²) in [7, 11) is 1.53. The maximum Gasteiger partial charge on any atom is 0.303 e. The highest BCUT2D eigenvalue weighted by Gasteiger charge is 2.09. The lowest BCUT2D eigenvalue weighted by atomic mass is 10.0. The Morgan fingerprint density at radius 1 is 1.50 bits per heavy atom. The maximum atomic E-state index is 12.7. The highest BCUT2D eigenvalue weighted by molar-refractivity contribution is 5.66. The van der Waals surface area contributed by atoms with E-state index in [1.807, 2.05) is 0 Å². The second kappa shape index (κ2) is 6.10. The quantitative estimate of drug-likeness (QED) is 0.810. The van der Waals surface area contributed by atoms with Crippen LogP contribution in [0.3, 0.4) is 0 Å². The first-order valence-electron chi connectivity index (χ1n) is 5.11. The average Bonchev–Trinajstić information content (AvgIpc) is 2.28. The number of ether oxygens (including phenoxy) is 1. The first-order valence-corrected chi connectivity index (χ1v) is 5.11. The normalized spacial score (nSPS) is 10.1. The van der Waals surface area contributed by atoms with E-state index < -0.39 is 12.6 Å². The highest BCUT2D eigenvalue weighted by Crippen LogP contribution is 2.24. The van der Waals surface area contributed by atoms with Crippen molar-refractivity contribution in [1.82, 2.24) is 0 Å². The molecule has 1 aromatic rings. The maximum absolute atomic E-state index is 12.7. The van der Waals surface area contributed by atoms with Gasteiger partial charge in [0.25, 0.3) is 0 Å². The first kappa shape index (κ1) is 12.5. The summed E-state index contributed by atoms with van der Waals surface area (Å²) >= 11 is 0. The van der Waals surface area contributed by atoms with Gasteiger partial charge in [0.1, 0.15) is 12.4 Å². The second-order valence-electron chi connectivity index (χ2n) is 3.48. The van der Waals surface area contributed by atoms with Gasteiger partial charge in [0.2, 0.25) is 0 Å².